The fourth-order valence-electron chi connectivity index (χ4n) is 1.67. The summed E-state index contributed by atoms with van der Waals surface area (Å²) in [5.41, 5.74) is 5.11. The number of benzene rings is 1. The maximum Gasteiger partial charge on any atom is 0.128 e. The van der Waals surface area contributed by atoms with Gasteiger partial charge in [-0.15, -0.1) is 0 Å². The molecule has 1 aromatic carbocycles. The number of thiophene rings is 1. The van der Waals surface area contributed by atoms with E-state index in [1.165, 1.54) is 6.07 Å². The standard InChI is InChI=1S/C12H13FN2S/c1-8-2-3-10(11(13)6-8)12(15-14)9-4-5-16-7-9/h2-7,12,15H,14H2,1H3. The van der Waals surface area contributed by atoms with Gasteiger partial charge in [0.25, 0.3) is 0 Å². The molecule has 3 N–H and O–H groups in total. The van der Waals surface area contributed by atoms with Crippen LogP contribution in [0.5, 0.6) is 0 Å². The molecule has 0 amide bonds. The van der Waals surface area contributed by atoms with Gasteiger partial charge in [0.15, 0.2) is 0 Å². The fourth-order valence-corrected chi connectivity index (χ4v) is 2.36. The van der Waals surface area contributed by atoms with Crippen LogP contribution in [0.25, 0.3) is 0 Å². The lowest BCUT2D eigenvalue weighted by atomic mass is 10.0. The first-order chi connectivity index (χ1) is 7.72. The highest BCUT2D eigenvalue weighted by molar-refractivity contribution is 7.08. The largest absolute Gasteiger partial charge is 0.271 e. The fraction of sp³-hybridized carbons (Fsp3) is 0.167. The highest BCUT2D eigenvalue weighted by atomic mass is 32.1. The number of nitrogens with two attached hydrogens (primary N) is 1. The van der Waals surface area contributed by atoms with Crippen LogP contribution in [-0.4, -0.2) is 0 Å². The minimum Gasteiger partial charge on any atom is -0.271 e. The van der Waals surface area contributed by atoms with Crippen molar-refractivity contribution in [1.29, 1.82) is 0 Å². The van der Waals surface area contributed by atoms with Crippen LogP contribution in [0, 0.1) is 12.7 Å². The number of nitrogens with one attached hydrogen (secondary N) is 1. The molecule has 1 atom stereocenters. The molecule has 84 valence electrons. The SMILES string of the molecule is Cc1ccc(C(NN)c2ccsc2)c(F)c1. The van der Waals surface area contributed by atoms with Crippen LogP contribution >= 0.6 is 11.3 Å². The quantitative estimate of drug-likeness (QED) is 0.635. The zero-order chi connectivity index (χ0) is 11.5. The van der Waals surface area contributed by atoms with Crippen molar-refractivity contribution in [2.75, 3.05) is 0 Å². The average molecular weight is 236 g/mol. The first kappa shape index (κ1) is 11.3. The number of rotatable bonds is 3. The maximum absolute atomic E-state index is 13.8. The molecule has 0 aliphatic carbocycles. The van der Waals surface area contributed by atoms with Crippen LogP contribution in [0.3, 0.4) is 0 Å². The Kier molecular flexibility index (Phi) is 3.33. The summed E-state index contributed by atoms with van der Waals surface area (Å²) in [5.74, 6) is 5.26. The molecule has 16 heavy (non-hydrogen) atoms. The van der Waals surface area contributed by atoms with Crippen molar-refractivity contribution < 1.29 is 4.39 Å². The van der Waals surface area contributed by atoms with E-state index in [9.17, 15) is 4.39 Å². The molecule has 1 unspecified atom stereocenters. The van der Waals surface area contributed by atoms with Gasteiger partial charge in [0.05, 0.1) is 6.04 Å². The number of aryl methyl sites for hydroxylation is 1. The minimum absolute atomic E-state index is 0.228. The number of halogens is 1. The van der Waals surface area contributed by atoms with E-state index in [2.05, 4.69) is 5.43 Å². The van der Waals surface area contributed by atoms with Crippen LogP contribution in [0.15, 0.2) is 35.0 Å². The molecule has 0 saturated carbocycles. The summed E-state index contributed by atoms with van der Waals surface area (Å²) in [6.07, 6.45) is 0. The molecule has 2 rings (SSSR count). The highest BCUT2D eigenvalue weighted by Crippen LogP contribution is 2.25. The first-order valence-electron chi connectivity index (χ1n) is 4.96. The summed E-state index contributed by atoms with van der Waals surface area (Å²) in [5, 5.41) is 3.91. The first-order valence-corrected chi connectivity index (χ1v) is 5.91. The number of hydrogen-bond acceptors (Lipinski definition) is 3. The second-order valence-corrected chi connectivity index (χ2v) is 4.46. The lowest BCUT2D eigenvalue weighted by molar-refractivity contribution is 0.560. The minimum atomic E-state index is -0.285. The van der Waals surface area contributed by atoms with Gasteiger partial charge in [0, 0.05) is 5.56 Å². The third-order valence-electron chi connectivity index (χ3n) is 2.51. The van der Waals surface area contributed by atoms with Gasteiger partial charge >= 0.3 is 0 Å². The smallest absolute Gasteiger partial charge is 0.128 e. The molecule has 2 aromatic rings. The van der Waals surface area contributed by atoms with Gasteiger partial charge in [-0.2, -0.15) is 11.3 Å². The van der Waals surface area contributed by atoms with Gasteiger partial charge in [0.1, 0.15) is 5.82 Å². The van der Waals surface area contributed by atoms with Crippen LogP contribution in [0.1, 0.15) is 22.7 Å². The van der Waals surface area contributed by atoms with Crippen molar-refractivity contribution in [3.05, 3.63) is 57.5 Å². The van der Waals surface area contributed by atoms with E-state index in [-0.39, 0.29) is 11.9 Å². The second-order valence-electron chi connectivity index (χ2n) is 3.68. The van der Waals surface area contributed by atoms with E-state index in [1.54, 1.807) is 17.4 Å². The molecule has 0 aliphatic rings. The van der Waals surface area contributed by atoms with Crippen molar-refractivity contribution in [3.63, 3.8) is 0 Å². The molecule has 2 nitrogen and oxygen atoms in total. The molecule has 0 bridgehead atoms. The van der Waals surface area contributed by atoms with Gasteiger partial charge in [-0.1, -0.05) is 12.1 Å². The van der Waals surface area contributed by atoms with Crippen LogP contribution in [-0.2, 0) is 0 Å². The molecule has 0 radical (unpaired) electrons. The molecule has 4 heteroatoms. The summed E-state index contributed by atoms with van der Waals surface area (Å²) in [4.78, 5) is 0. The molecule has 0 fully saturated rings. The Bertz CT molecular complexity index is 468. The maximum atomic E-state index is 13.8. The molecule has 1 heterocycles. The Balaban J connectivity index is 2.41. The van der Waals surface area contributed by atoms with Crippen molar-refractivity contribution in [3.8, 4) is 0 Å². The number of hydrogen-bond donors (Lipinski definition) is 2. The highest BCUT2D eigenvalue weighted by Gasteiger charge is 2.16. The van der Waals surface area contributed by atoms with Gasteiger partial charge in [-0.25, -0.2) is 9.82 Å². The summed E-state index contributed by atoms with van der Waals surface area (Å²) >= 11 is 1.57. The van der Waals surface area contributed by atoms with E-state index >= 15 is 0 Å². The molecule has 0 saturated heterocycles. The van der Waals surface area contributed by atoms with Crippen molar-refractivity contribution in [2.45, 2.75) is 13.0 Å². The molecular weight excluding hydrogens is 223 g/mol. The Morgan fingerprint density at radius 2 is 2.19 bits per heavy atom. The summed E-state index contributed by atoms with van der Waals surface area (Å²) in [6, 6.07) is 6.83. The second kappa shape index (κ2) is 4.74. The van der Waals surface area contributed by atoms with E-state index in [1.807, 2.05) is 29.8 Å². The topological polar surface area (TPSA) is 38.0 Å². The Morgan fingerprint density at radius 3 is 2.75 bits per heavy atom. The van der Waals surface area contributed by atoms with Crippen LogP contribution < -0.4 is 11.3 Å². The van der Waals surface area contributed by atoms with Crippen molar-refractivity contribution in [2.24, 2.45) is 5.84 Å². The molecule has 1 aromatic heterocycles. The Hall–Kier alpha value is -1.23. The van der Waals surface area contributed by atoms with Crippen molar-refractivity contribution in [1.82, 2.24) is 5.43 Å². The molecule has 0 spiro atoms. The summed E-state index contributed by atoms with van der Waals surface area (Å²) < 4.78 is 13.8. The number of hydrazine groups is 1. The Morgan fingerprint density at radius 1 is 1.38 bits per heavy atom. The summed E-state index contributed by atoms with van der Waals surface area (Å²) in [6.45, 7) is 1.86. The zero-order valence-corrected chi connectivity index (χ0v) is 9.72. The average Bonchev–Trinajstić information content (AvgIpc) is 2.75. The predicted molar refractivity (Wildman–Crippen MR) is 64.6 cm³/mol. The monoisotopic (exact) mass is 236 g/mol. The van der Waals surface area contributed by atoms with Gasteiger partial charge in [-0.05, 0) is 40.9 Å². The molecular formula is C12H13FN2S. The van der Waals surface area contributed by atoms with E-state index in [4.69, 9.17) is 5.84 Å². The third kappa shape index (κ3) is 2.14. The summed E-state index contributed by atoms with van der Waals surface area (Å²) in [7, 11) is 0. The van der Waals surface area contributed by atoms with Crippen LogP contribution in [0.4, 0.5) is 4.39 Å². The normalized spacial score (nSPS) is 12.7. The van der Waals surface area contributed by atoms with E-state index < -0.39 is 0 Å². The zero-order valence-electron chi connectivity index (χ0n) is 8.91. The third-order valence-corrected chi connectivity index (χ3v) is 3.21. The van der Waals surface area contributed by atoms with Gasteiger partial charge in [-0.3, -0.25) is 5.84 Å². The van der Waals surface area contributed by atoms with Gasteiger partial charge in [0.2, 0.25) is 0 Å². The lowest BCUT2D eigenvalue weighted by Gasteiger charge is -2.16. The van der Waals surface area contributed by atoms with E-state index in [0.29, 0.717) is 5.56 Å². The van der Waals surface area contributed by atoms with E-state index in [0.717, 1.165) is 11.1 Å². The Labute approximate surface area is 97.9 Å². The lowest BCUT2D eigenvalue weighted by Crippen LogP contribution is -2.29. The molecule has 0 aliphatic heterocycles. The van der Waals surface area contributed by atoms with Crippen molar-refractivity contribution >= 4 is 11.3 Å². The van der Waals surface area contributed by atoms with Crippen LogP contribution in [0.2, 0.25) is 0 Å². The van der Waals surface area contributed by atoms with Gasteiger partial charge < -0.3 is 0 Å². The predicted octanol–water partition coefficient (Wildman–Crippen LogP) is 2.75.